The molecule has 9 nitrogen and oxygen atoms in total. The Morgan fingerprint density at radius 1 is 1.19 bits per heavy atom. The Hall–Kier alpha value is -4.21. The fourth-order valence-corrected chi connectivity index (χ4v) is 5.21. The number of phenols is 1. The zero-order valence-electron chi connectivity index (χ0n) is 19.9. The normalized spacial score (nSPS) is 14.7. The number of phenolic OH excluding ortho intramolecular Hbond substituents is 1. The van der Waals surface area contributed by atoms with Crippen LogP contribution in [-0.2, 0) is 0 Å². The van der Waals surface area contributed by atoms with Gasteiger partial charge in [0.2, 0.25) is 0 Å². The third kappa shape index (κ3) is 3.92. The molecule has 0 bridgehead atoms. The first-order valence-corrected chi connectivity index (χ1v) is 12.2. The summed E-state index contributed by atoms with van der Waals surface area (Å²) in [6, 6.07) is 11.6. The maximum absolute atomic E-state index is 13.1. The summed E-state index contributed by atoms with van der Waals surface area (Å²) < 4.78 is 7.69. The van der Waals surface area contributed by atoms with Crippen molar-refractivity contribution in [2.75, 3.05) is 18.8 Å². The number of fused-ring (bicyclic) bond motifs is 2. The topological polar surface area (TPSA) is 132 Å². The van der Waals surface area contributed by atoms with Crippen molar-refractivity contribution < 1.29 is 9.52 Å². The molecule has 0 saturated carbocycles. The van der Waals surface area contributed by atoms with Crippen LogP contribution in [0, 0.1) is 0 Å². The largest absolute Gasteiger partial charge is 0.508 e. The second-order valence-electron chi connectivity index (χ2n) is 8.98. The second-order valence-corrected chi connectivity index (χ2v) is 9.42. The van der Waals surface area contributed by atoms with Crippen LogP contribution in [0.5, 0.6) is 5.75 Å². The summed E-state index contributed by atoms with van der Waals surface area (Å²) in [6.45, 7) is 3.46. The van der Waals surface area contributed by atoms with Crippen molar-refractivity contribution in [3.8, 4) is 17.0 Å². The number of nitrogens with two attached hydrogens (primary N) is 1. The highest BCUT2D eigenvalue weighted by Crippen LogP contribution is 2.38. The van der Waals surface area contributed by atoms with Gasteiger partial charge in [-0.05, 0) is 55.1 Å². The molecule has 1 unspecified atom stereocenters. The summed E-state index contributed by atoms with van der Waals surface area (Å²) in [5.41, 5.74) is 9.34. The molecule has 1 aliphatic rings. The molecule has 37 heavy (non-hydrogen) atoms. The average molecular weight is 515 g/mol. The Morgan fingerprint density at radius 2 is 2.00 bits per heavy atom. The van der Waals surface area contributed by atoms with E-state index >= 15 is 0 Å². The van der Waals surface area contributed by atoms with E-state index in [1.807, 2.05) is 25.1 Å². The smallest absolute Gasteiger partial charge is 0.343 e. The first-order valence-electron chi connectivity index (χ1n) is 11.9. The number of rotatable bonds is 4. The molecular formula is C27H23ClN6O3. The van der Waals surface area contributed by atoms with Gasteiger partial charge in [-0.25, -0.2) is 19.4 Å². The number of aromatic nitrogens is 4. The molecule has 0 amide bonds. The van der Waals surface area contributed by atoms with Gasteiger partial charge >= 0.3 is 5.63 Å². The van der Waals surface area contributed by atoms with Crippen molar-refractivity contribution in [3.05, 3.63) is 81.6 Å². The molecule has 3 aromatic heterocycles. The molecule has 10 heteroatoms. The Labute approximate surface area is 216 Å². The van der Waals surface area contributed by atoms with Crippen molar-refractivity contribution >= 4 is 44.8 Å². The molecule has 6 rings (SSSR count). The van der Waals surface area contributed by atoms with Gasteiger partial charge in [-0.15, -0.1) is 0 Å². The van der Waals surface area contributed by atoms with Gasteiger partial charge in [0, 0.05) is 22.7 Å². The molecule has 0 fully saturated rings. The highest BCUT2D eigenvalue weighted by Gasteiger charge is 2.27. The minimum atomic E-state index is -0.526. The molecular weight excluding hydrogens is 492 g/mol. The number of halogens is 1. The predicted octanol–water partition coefficient (Wildman–Crippen LogP) is 4.53. The standard InChI is InChI=1S/C27H23ClN6O3/c1-14(24-21(15-6-8-30-9-7-15)19-4-2-3-5-20(19)27(36)37-24)34-26-22(25(29)31-13-32-26)23(33-34)16-10-17(28)12-18(35)11-16/h2-6,10-14,30,35H,7-9H2,1H3,(H2,29,31,32). The van der Waals surface area contributed by atoms with Crippen LogP contribution in [0.15, 0.2) is 64.1 Å². The van der Waals surface area contributed by atoms with Gasteiger partial charge in [0.05, 0.1) is 10.8 Å². The van der Waals surface area contributed by atoms with E-state index in [4.69, 9.17) is 26.9 Å². The third-order valence-corrected chi connectivity index (χ3v) is 6.89. The number of nitrogens with zero attached hydrogens (tertiary/aromatic N) is 4. The van der Waals surface area contributed by atoms with Crippen LogP contribution in [0.3, 0.4) is 0 Å². The molecule has 4 heterocycles. The number of nitrogen functional groups attached to an aromatic ring is 1. The van der Waals surface area contributed by atoms with E-state index in [9.17, 15) is 9.90 Å². The lowest BCUT2D eigenvalue weighted by Crippen LogP contribution is -2.22. The minimum absolute atomic E-state index is 0.00525. The minimum Gasteiger partial charge on any atom is -0.508 e. The zero-order valence-corrected chi connectivity index (χ0v) is 20.7. The van der Waals surface area contributed by atoms with Crippen LogP contribution in [0.1, 0.15) is 30.7 Å². The van der Waals surface area contributed by atoms with Crippen LogP contribution in [0.25, 0.3) is 38.6 Å². The first kappa shape index (κ1) is 23.2. The molecule has 0 saturated heterocycles. The summed E-state index contributed by atoms with van der Waals surface area (Å²) in [5.74, 6) is 0.715. The molecule has 1 aliphatic heterocycles. The van der Waals surface area contributed by atoms with E-state index in [-0.39, 0.29) is 11.6 Å². The van der Waals surface area contributed by atoms with Crippen LogP contribution in [0.4, 0.5) is 5.82 Å². The van der Waals surface area contributed by atoms with Crippen molar-refractivity contribution in [3.63, 3.8) is 0 Å². The van der Waals surface area contributed by atoms with E-state index in [2.05, 4.69) is 21.4 Å². The first-order chi connectivity index (χ1) is 17.9. The van der Waals surface area contributed by atoms with Crippen molar-refractivity contribution in [1.29, 1.82) is 0 Å². The van der Waals surface area contributed by atoms with Crippen molar-refractivity contribution in [2.45, 2.75) is 19.4 Å². The highest BCUT2D eigenvalue weighted by molar-refractivity contribution is 6.31. The maximum atomic E-state index is 13.1. The van der Waals surface area contributed by atoms with Gasteiger partial charge in [-0.2, -0.15) is 5.10 Å². The molecule has 0 radical (unpaired) electrons. The zero-order chi connectivity index (χ0) is 25.7. The lowest BCUT2D eigenvalue weighted by Gasteiger charge is -2.21. The maximum Gasteiger partial charge on any atom is 0.343 e. The SMILES string of the molecule is CC(c1oc(=O)c2ccccc2c1C1=CCNCC1)n1nc(-c2cc(O)cc(Cl)c2)c2c(N)ncnc21. The molecule has 5 aromatic rings. The fraction of sp³-hybridized carbons (Fsp3) is 0.185. The summed E-state index contributed by atoms with van der Waals surface area (Å²) in [4.78, 5) is 21.7. The summed E-state index contributed by atoms with van der Waals surface area (Å²) in [6.07, 6.45) is 4.29. The van der Waals surface area contributed by atoms with Gasteiger partial charge in [0.25, 0.3) is 0 Å². The molecule has 1 atom stereocenters. The molecule has 0 spiro atoms. The predicted molar refractivity (Wildman–Crippen MR) is 144 cm³/mol. The van der Waals surface area contributed by atoms with E-state index in [0.29, 0.717) is 38.5 Å². The summed E-state index contributed by atoms with van der Waals surface area (Å²) in [5, 5.41) is 20.6. The van der Waals surface area contributed by atoms with Crippen LogP contribution in [-0.4, -0.2) is 37.9 Å². The van der Waals surface area contributed by atoms with E-state index in [1.165, 1.54) is 12.4 Å². The number of hydrogen-bond donors (Lipinski definition) is 3. The van der Waals surface area contributed by atoms with Crippen LogP contribution in [0.2, 0.25) is 5.02 Å². The fourth-order valence-electron chi connectivity index (χ4n) is 4.98. The molecule has 186 valence electrons. The Kier molecular flexibility index (Phi) is 5.66. The number of aromatic hydroxyl groups is 1. The lowest BCUT2D eigenvalue weighted by molar-refractivity contribution is 0.401. The van der Waals surface area contributed by atoms with Crippen LogP contribution < -0.4 is 16.7 Å². The van der Waals surface area contributed by atoms with Gasteiger partial charge in [0.1, 0.15) is 35.4 Å². The molecule has 4 N–H and O–H groups in total. The monoisotopic (exact) mass is 514 g/mol. The van der Waals surface area contributed by atoms with Gasteiger partial charge in [-0.1, -0.05) is 35.9 Å². The molecule has 0 aliphatic carbocycles. The van der Waals surface area contributed by atoms with Crippen molar-refractivity contribution in [1.82, 2.24) is 25.1 Å². The summed E-state index contributed by atoms with van der Waals surface area (Å²) >= 11 is 6.22. The van der Waals surface area contributed by atoms with E-state index in [1.54, 1.807) is 22.9 Å². The van der Waals surface area contributed by atoms with E-state index < -0.39 is 11.7 Å². The Bertz CT molecular complexity index is 1750. The van der Waals surface area contributed by atoms with Gasteiger partial charge < -0.3 is 20.6 Å². The Balaban J connectivity index is 1.63. The Morgan fingerprint density at radius 3 is 2.76 bits per heavy atom. The number of nitrogens with one attached hydrogen (secondary N) is 1. The van der Waals surface area contributed by atoms with Crippen molar-refractivity contribution in [2.24, 2.45) is 0 Å². The lowest BCUT2D eigenvalue weighted by atomic mass is 9.92. The second kappa shape index (κ2) is 9.02. The average Bonchev–Trinajstić information content (AvgIpc) is 3.29. The molecule has 2 aromatic carbocycles. The quantitative estimate of drug-likeness (QED) is 0.319. The van der Waals surface area contributed by atoms with E-state index in [0.717, 1.165) is 36.0 Å². The number of hydrogen-bond acceptors (Lipinski definition) is 8. The third-order valence-electron chi connectivity index (χ3n) is 6.67. The highest BCUT2D eigenvalue weighted by atomic mass is 35.5. The van der Waals surface area contributed by atoms with Crippen LogP contribution >= 0.6 is 11.6 Å². The summed E-state index contributed by atoms with van der Waals surface area (Å²) in [7, 11) is 0. The number of benzene rings is 2. The van der Waals surface area contributed by atoms with Gasteiger partial charge in [-0.3, -0.25) is 0 Å². The number of anilines is 1. The van der Waals surface area contributed by atoms with Gasteiger partial charge in [0.15, 0.2) is 5.65 Å².